The first-order chi connectivity index (χ1) is 9.08. The third kappa shape index (κ3) is 2.49. The van der Waals surface area contributed by atoms with Gasteiger partial charge in [-0.2, -0.15) is 5.10 Å². The van der Waals surface area contributed by atoms with E-state index in [4.69, 9.17) is 4.74 Å². The van der Waals surface area contributed by atoms with Gasteiger partial charge < -0.3 is 10.1 Å². The van der Waals surface area contributed by atoms with Crippen LogP contribution in [-0.2, 0) is 7.05 Å². The Morgan fingerprint density at radius 1 is 1.32 bits per heavy atom. The van der Waals surface area contributed by atoms with Gasteiger partial charge in [-0.25, -0.2) is 0 Å². The van der Waals surface area contributed by atoms with Crippen LogP contribution in [-0.4, -0.2) is 23.9 Å². The van der Waals surface area contributed by atoms with E-state index in [0.717, 1.165) is 11.4 Å². The summed E-state index contributed by atoms with van der Waals surface area (Å²) in [4.78, 5) is 0. The lowest BCUT2D eigenvalue weighted by Gasteiger charge is -2.18. The summed E-state index contributed by atoms with van der Waals surface area (Å²) in [6, 6.07) is 8.27. The highest BCUT2D eigenvalue weighted by atomic mass is 16.5. The molecule has 4 heteroatoms. The van der Waals surface area contributed by atoms with Crippen molar-refractivity contribution in [3.8, 4) is 5.75 Å². The molecule has 1 atom stereocenters. The largest absolute Gasteiger partial charge is 0.497 e. The van der Waals surface area contributed by atoms with Crippen LogP contribution in [0.4, 0.5) is 0 Å². The van der Waals surface area contributed by atoms with E-state index in [1.807, 2.05) is 37.8 Å². The van der Waals surface area contributed by atoms with Gasteiger partial charge in [0.2, 0.25) is 0 Å². The van der Waals surface area contributed by atoms with Crippen molar-refractivity contribution in [3.05, 3.63) is 46.8 Å². The maximum absolute atomic E-state index is 5.30. The first kappa shape index (κ1) is 13.6. The normalized spacial score (nSPS) is 12.5. The van der Waals surface area contributed by atoms with Gasteiger partial charge >= 0.3 is 0 Å². The van der Waals surface area contributed by atoms with Crippen LogP contribution in [0.1, 0.15) is 28.6 Å². The van der Waals surface area contributed by atoms with Gasteiger partial charge in [0.15, 0.2) is 0 Å². The number of nitrogens with one attached hydrogen (secondary N) is 1. The molecule has 0 fully saturated rings. The highest BCUT2D eigenvalue weighted by Gasteiger charge is 2.20. The Labute approximate surface area is 114 Å². The Bertz CT molecular complexity index is 575. The zero-order valence-corrected chi connectivity index (χ0v) is 12.2. The van der Waals surface area contributed by atoms with E-state index in [9.17, 15) is 0 Å². The van der Waals surface area contributed by atoms with Crippen LogP contribution in [0.3, 0.4) is 0 Å². The Morgan fingerprint density at radius 3 is 2.58 bits per heavy atom. The first-order valence-electron chi connectivity index (χ1n) is 6.39. The summed E-state index contributed by atoms with van der Waals surface area (Å²) in [5.41, 5.74) is 4.65. The predicted octanol–water partition coefficient (Wildman–Crippen LogP) is 2.35. The minimum atomic E-state index is 0.129. The van der Waals surface area contributed by atoms with Crippen LogP contribution in [0.2, 0.25) is 0 Å². The molecular formula is C15H21N3O. The summed E-state index contributed by atoms with van der Waals surface area (Å²) >= 11 is 0. The third-order valence-corrected chi connectivity index (χ3v) is 3.57. The Kier molecular flexibility index (Phi) is 3.90. The van der Waals surface area contributed by atoms with Crippen molar-refractivity contribution in [2.75, 3.05) is 14.2 Å². The summed E-state index contributed by atoms with van der Waals surface area (Å²) in [6.45, 7) is 4.15. The number of methoxy groups -OCH3 is 1. The number of aryl methyl sites for hydroxylation is 2. The maximum Gasteiger partial charge on any atom is 0.119 e. The van der Waals surface area contributed by atoms with Crippen molar-refractivity contribution in [2.24, 2.45) is 7.05 Å². The Hall–Kier alpha value is -1.81. The van der Waals surface area contributed by atoms with Crippen LogP contribution in [0.15, 0.2) is 24.3 Å². The van der Waals surface area contributed by atoms with E-state index in [1.54, 1.807) is 7.11 Å². The van der Waals surface area contributed by atoms with Crippen molar-refractivity contribution >= 4 is 0 Å². The highest BCUT2D eigenvalue weighted by molar-refractivity contribution is 5.40. The number of benzene rings is 1. The van der Waals surface area contributed by atoms with Crippen molar-refractivity contribution < 1.29 is 4.74 Å². The molecule has 0 aliphatic heterocycles. The van der Waals surface area contributed by atoms with E-state index >= 15 is 0 Å². The molecule has 0 radical (unpaired) electrons. The van der Waals surface area contributed by atoms with Crippen LogP contribution in [0.25, 0.3) is 0 Å². The molecule has 1 aromatic carbocycles. The van der Waals surface area contributed by atoms with Gasteiger partial charge in [-0.1, -0.05) is 12.1 Å². The van der Waals surface area contributed by atoms with E-state index in [2.05, 4.69) is 29.5 Å². The SMILES string of the molecule is CNC(c1cccc(OC)c1)c1c(C)nn(C)c1C. The molecule has 1 unspecified atom stereocenters. The van der Waals surface area contributed by atoms with E-state index in [0.29, 0.717) is 0 Å². The average molecular weight is 259 g/mol. The molecule has 0 spiro atoms. The number of hydrogen-bond acceptors (Lipinski definition) is 3. The van der Waals surface area contributed by atoms with Gasteiger partial charge in [0.05, 0.1) is 18.8 Å². The van der Waals surface area contributed by atoms with Crippen molar-refractivity contribution in [3.63, 3.8) is 0 Å². The van der Waals surface area contributed by atoms with Crippen molar-refractivity contribution in [1.29, 1.82) is 0 Å². The number of hydrogen-bond donors (Lipinski definition) is 1. The molecule has 0 bridgehead atoms. The minimum Gasteiger partial charge on any atom is -0.497 e. The van der Waals surface area contributed by atoms with Crippen molar-refractivity contribution in [1.82, 2.24) is 15.1 Å². The van der Waals surface area contributed by atoms with Gasteiger partial charge in [0.25, 0.3) is 0 Å². The molecule has 0 amide bonds. The van der Waals surface area contributed by atoms with Crippen LogP contribution in [0, 0.1) is 13.8 Å². The van der Waals surface area contributed by atoms with Crippen LogP contribution in [0.5, 0.6) is 5.75 Å². The third-order valence-electron chi connectivity index (χ3n) is 3.57. The number of ether oxygens (including phenoxy) is 1. The Morgan fingerprint density at radius 2 is 2.05 bits per heavy atom. The fourth-order valence-corrected chi connectivity index (χ4v) is 2.51. The van der Waals surface area contributed by atoms with Gasteiger partial charge in [0, 0.05) is 18.3 Å². The molecule has 0 aliphatic carbocycles. The predicted molar refractivity (Wildman–Crippen MR) is 76.6 cm³/mol. The summed E-state index contributed by atoms with van der Waals surface area (Å²) < 4.78 is 7.23. The second-order valence-corrected chi connectivity index (χ2v) is 4.71. The van der Waals surface area contributed by atoms with Crippen LogP contribution < -0.4 is 10.1 Å². The zero-order valence-electron chi connectivity index (χ0n) is 12.2. The number of aromatic nitrogens is 2. The lowest BCUT2D eigenvalue weighted by Crippen LogP contribution is -2.19. The summed E-state index contributed by atoms with van der Waals surface area (Å²) in [5, 5.41) is 7.87. The lowest BCUT2D eigenvalue weighted by atomic mass is 9.97. The molecule has 102 valence electrons. The second-order valence-electron chi connectivity index (χ2n) is 4.71. The van der Waals surface area contributed by atoms with Gasteiger partial charge in [-0.15, -0.1) is 0 Å². The van der Waals surface area contributed by atoms with Crippen molar-refractivity contribution in [2.45, 2.75) is 19.9 Å². The van der Waals surface area contributed by atoms with Gasteiger partial charge in [0.1, 0.15) is 5.75 Å². The molecule has 2 rings (SSSR count). The Balaban J connectivity index is 2.49. The molecule has 4 nitrogen and oxygen atoms in total. The van der Waals surface area contributed by atoms with Gasteiger partial charge in [-0.05, 0) is 38.6 Å². The minimum absolute atomic E-state index is 0.129. The highest BCUT2D eigenvalue weighted by Crippen LogP contribution is 2.28. The molecule has 1 heterocycles. The summed E-state index contributed by atoms with van der Waals surface area (Å²) in [5.74, 6) is 0.872. The molecule has 19 heavy (non-hydrogen) atoms. The molecule has 0 saturated carbocycles. The average Bonchev–Trinajstić information content (AvgIpc) is 2.66. The smallest absolute Gasteiger partial charge is 0.119 e. The maximum atomic E-state index is 5.30. The number of rotatable bonds is 4. The topological polar surface area (TPSA) is 39.1 Å². The van der Waals surface area contributed by atoms with Gasteiger partial charge in [-0.3, -0.25) is 4.68 Å². The van der Waals surface area contributed by atoms with E-state index in [1.165, 1.54) is 16.8 Å². The summed E-state index contributed by atoms with van der Waals surface area (Å²) in [6.07, 6.45) is 0. The van der Waals surface area contributed by atoms with Crippen LogP contribution >= 0.6 is 0 Å². The number of nitrogens with zero attached hydrogens (tertiary/aromatic N) is 2. The quantitative estimate of drug-likeness (QED) is 0.916. The molecule has 1 N–H and O–H groups in total. The molecular weight excluding hydrogens is 238 g/mol. The van der Waals surface area contributed by atoms with E-state index in [-0.39, 0.29) is 6.04 Å². The second kappa shape index (κ2) is 5.45. The molecule has 0 aliphatic rings. The molecule has 2 aromatic rings. The molecule has 0 saturated heterocycles. The first-order valence-corrected chi connectivity index (χ1v) is 6.39. The molecule has 1 aromatic heterocycles. The standard InChI is InChI=1S/C15H21N3O/c1-10-14(11(2)18(4)17-10)15(16-3)12-7-6-8-13(9-12)19-5/h6-9,15-16H,1-5H3. The zero-order chi connectivity index (χ0) is 14.0. The lowest BCUT2D eigenvalue weighted by molar-refractivity contribution is 0.413. The van der Waals surface area contributed by atoms with E-state index < -0.39 is 0 Å². The fourth-order valence-electron chi connectivity index (χ4n) is 2.51. The fraction of sp³-hybridized carbons (Fsp3) is 0.400. The monoisotopic (exact) mass is 259 g/mol. The summed E-state index contributed by atoms with van der Waals surface area (Å²) in [7, 11) is 5.63.